The zero-order valence-electron chi connectivity index (χ0n) is 20.7. The van der Waals surface area contributed by atoms with E-state index in [9.17, 15) is 9.59 Å². The monoisotopic (exact) mass is 540 g/mol. The Morgan fingerprint density at radius 2 is 1.70 bits per heavy atom. The van der Waals surface area contributed by atoms with Crippen LogP contribution in [0.5, 0.6) is 11.5 Å². The minimum atomic E-state index is -0.707. The molecule has 0 aromatic heterocycles. The highest BCUT2D eigenvalue weighted by molar-refractivity contribution is 6.35. The van der Waals surface area contributed by atoms with Gasteiger partial charge in [0.15, 0.2) is 11.5 Å². The van der Waals surface area contributed by atoms with Crippen LogP contribution in [0, 0.1) is 0 Å². The van der Waals surface area contributed by atoms with Crippen LogP contribution >= 0.6 is 23.2 Å². The van der Waals surface area contributed by atoms with Crippen LogP contribution in [0.3, 0.4) is 0 Å². The quantitative estimate of drug-likeness (QED) is 0.370. The SMILES string of the molecule is CCNC(=O)[C@H](Cc1ccccc1)N(Cc1ccc(Cl)cc1Cl)C(=O)CCc1ccc2c(c1)OCCO2. The van der Waals surface area contributed by atoms with Gasteiger partial charge in [0.2, 0.25) is 11.8 Å². The van der Waals surface area contributed by atoms with Gasteiger partial charge in [-0.1, -0.05) is 65.7 Å². The fourth-order valence-electron chi connectivity index (χ4n) is 4.32. The van der Waals surface area contributed by atoms with Gasteiger partial charge in [-0.05, 0) is 54.3 Å². The summed E-state index contributed by atoms with van der Waals surface area (Å²) in [6, 6.07) is 19.9. The van der Waals surface area contributed by atoms with Gasteiger partial charge in [-0.25, -0.2) is 0 Å². The molecule has 194 valence electrons. The van der Waals surface area contributed by atoms with Crippen molar-refractivity contribution >= 4 is 35.0 Å². The Balaban J connectivity index is 1.60. The van der Waals surface area contributed by atoms with E-state index in [1.807, 2.05) is 55.5 Å². The largest absolute Gasteiger partial charge is 0.486 e. The van der Waals surface area contributed by atoms with Crippen molar-refractivity contribution in [1.29, 1.82) is 0 Å². The standard InChI is InChI=1S/C29H30Cl2N2O4/c1-2-32-29(35)25(16-20-6-4-3-5-7-20)33(19-22-10-11-23(30)18-24(22)31)28(34)13-9-21-8-12-26-27(17-21)37-15-14-36-26/h3-8,10-12,17-18,25H,2,9,13-16,19H2,1H3,(H,32,35)/t25-/m0/s1. The van der Waals surface area contributed by atoms with Crippen molar-refractivity contribution in [3.63, 3.8) is 0 Å². The molecule has 3 aromatic rings. The smallest absolute Gasteiger partial charge is 0.243 e. The molecule has 0 unspecified atom stereocenters. The first-order chi connectivity index (χ1) is 17.9. The zero-order chi connectivity index (χ0) is 26.2. The minimum absolute atomic E-state index is 0.145. The van der Waals surface area contributed by atoms with Crippen molar-refractivity contribution in [2.24, 2.45) is 0 Å². The van der Waals surface area contributed by atoms with Crippen LogP contribution in [0.4, 0.5) is 0 Å². The topological polar surface area (TPSA) is 67.9 Å². The number of carbonyl (C=O) groups excluding carboxylic acids is 2. The van der Waals surface area contributed by atoms with E-state index in [0.717, 1.165) is 16.7 Å². The summed E-state index contributed by atoms with van der Waals surface area (Å²) in [5.41, 5.74) is 2.64. The fourth-order valence-corrected chi connectivity index (χ4v) is 4.79. The lowest BCUT2D eigenvalue weighted by atomic mass is 10.0. The molecule has 8 heteroatoms. The second-order valence-corrected chi connectivity index (χ2v) is 9.68. The summed E-state index contributed by atoms with van der Waals surface area (Å²) in [6.07, 6.45) is 1.09. The molecule has 0 saturated heterocycles. The Labute approximate surface area is 227 Å². The first-order valence-corrected chi connectivity index (χ1v) is 13.1. The molecule has 0 fully saturated rings. The van der Waals surface area contributed by atoms with E-state index in [4.69, 9.17) is 32.7 Å². The van der Waals surface area contributed by atoms with Gasteiger partial charge in [0.1, 0.15) is 19.3 Å². The normalized spacial score (nSPS) is 13.1. The van der Waals surface area contributed by atoms with Gasteiger partial charge in [-0.15, -0.1) is 0 Å². The summed E-state index contributed by atoms with van der Waals surface area (Å²) in [6.45, 7) is 3.53. The number of rotatable bonds is 10. The molecule has 6 nitrogen and oxygen atoms in total. The predicted molar refractivity (Wildman–Crippen MR) is 145 cm³/mol. The third-order valence-corrected chi connectivity index (χ3v) is 6.80. The van der Waals surface area contributed by atoms with Crippen molar-refractivity contribution < 1.29 is 19.1 Å². The highest BCUT2D eigenvalue weighted by Gasteiger charge is 2.30. The summed E-state index contributed by atoms with van der Waals surface area (Å²) in [7, 11) is 0. The second-order valence-electron chi connectivity index (χ2n) is 8.84. The van der Waals surface area contributed by atoms with E-state index < -0.39 is 6.04 Å². The maximum Gasteiger partial charge on any atom is 0.243 e. The Bertz CT molecular complexity index is 1240. The van der Waals surface area contributed by atoms with Crippen LogP contribution in [0.25, 0.3) is 0 Å². The number of ether oxygens (including phenoxy) is 2. The van der Waals surface area contributed by atoms with Crippen LogP contribution < -0.4 is 14.8 Å². The first kappa shape index (κ1) is 26.8. The molecule has 1 N–H and O–H groups in total. The summed E-state index contributed by atoms with van der Waals surface area (Å²) in [5.74, 6) is 1.04. The number of hydrogen-bond acceptors (Lipinski definition) is 4. The highest BCUT2D eigenvalue weighted by Crippen LogP contribution is 2.31. The predicted octanol–water partition coefficient (Wildman–Crippen LogP) is 5.47. The lowest BCUT2D eigenvalue weighted by Gasteiger charge is -2.32. The van der Waals surface area contributed by atoms with Crippen LogP contribution in [0.2, 0.25) is 10.0 Å². The summed E-state index contributed by atoms with van der Waals surface area (Å²) in [4.78, 5) is 28.6. The van der Waals surface area contributed by atoms with E-state index in [0.29, 0.717) is 54.1 Å². The van der Waals surface area contributed by atoms with Gasteiger partial charge in [-0.2, -0.15) is 0 Å². The number of likely N-dealkylation sites (N-methyl/N-ethyl adjacent to an activating group) is 1. The van der Waals surface area contributed by atoms with Crippen LogP contribution in [-0.4, -0.2) is 42.5 Å². The van der Waals surface area contributed by atoms with Gasteiger partial charge in [-0.3, -0.25) is 9.59 Å². The maximum absolute atomic E-state index is 13.7. The number of aryl methyl sites for hydroxylation is 1. The Morgan fingerprint density at radius 3 is 2.43 bits per heavy atom. The van der Waals surface area contributed by atoms with Crippen LogP contribution in [0.1, 0.15) is 30.0 Å². The molecule has 0 radical (unpaired) electrons. The molecular formula is C29H30Cl2N2O4. The molecule has 37 heavy (non-hydrogen) atoms. The van der Waals surface area contributed by atoms with Crippen molar-refractivity contribution in [2.75, 3.05) is 19.8 Å². The molecule has 1 aliphatic rings. The average Bonchev–Trinajstić information content (AvgIpc) is 2.91. The van der Waals surface area contributed by atoms with E-state index in [-0.39, 0.29) is 24.8 Å². The zero-order valence-corrected chi connectivity index (χ0v) is 22.2. The summed E-state index contributed by atoms with van der Waals surface area (Å²) >= 11 is 12.6. The average molecular weight is 541 g/mol. The maximum atomic E-state index is 13.7. The van der Waals surface area contributed by atoms with Crippen LogP contribution in [-0.2, 0) is 29.0 Å². The molecule has 0 saturated carbocycles. The van der Waals surface area contributed by atoms with E-state index in [2.05, 4.69) is 5.32 Å². The van der Waals surface area contributed by atoms with E-state index >= 15 is 0 Å². The Morgan fingerprint density at radius 1 is 0.946 bits per heavy atom. The second kappa shape index (κ2) is 12.8. The lowest BCUT2D eigenvalue weighted by molar-refractivity contribution is -0.141. The fraction of sp³-hybridized carbons (Fsp3) is 0.310. The third kappa shape index (κ3) is 7.18. The van der Waals surface area contributed by atoms with Gasteiger partial charge >= 0.3 is 0 Å². The van der Waals surface area contributed by atoms with E-state index in [1.165, 1.54) is 0 Å². The van der Waals surface area contributed by atoms with Gasteiger partial charge in [0.05, 0.1) is 0 Å². The molecule has 0 aliphatic carbocycles. The molecule has 3 aromatic carbocycles. The van der Waals surface area contributed by atoms with E-state index in [1.54, 1.807) is 23.1 Å². The van der Waals surface area contributed by atoms with Crippen LogP contribution in [0.15, 0.2) is 66.7 Å². The van der Waals surface area contributed by atoms with Crippen molar-refractivity contribution in [3.05, 3.63) is 93.5 Å². The highest BCUT2D eigenvalue weighted by atomic mass is 35.5. The number of fused-ring (bicyclic) bond motifs is 1. The van der Waals surface area contributed by atoms with Gasteiger partial charge in [0, 0.05) is 36.0 Å². The number of nitrogens with one attached hydrogen (secondary N) is 1. The van der Waals surface area contributed by atoms with Gasteiger partial charge < -0.3 is 19.7 Å². The number of nitrogens with zero attached hydrogens (tertiary/aromatic N) is 1. The molecule has 1 heterocycles. The first-order valence-electron chi connectivity index (χ1n) is 12.4. The molecular weight excluding hydrogens is 511 g/mol. The molecule has 0 bridgehead atoms. The number of amides is 2. The van der Waals surface area contributed by atoms with Crippen molar-refractivity contribution in [2.45, 2.75) is 38.8 Å². The lowest BCUT2D eigenvalue weighted by Crippen LogP contribution is -2.50. The van der Waals surface area contributed by atoms with Gasteiger partial charge in [0.25, 0.3) is 0 Å². The molecule has 1 aliphatic heterocycles. The minimum Gasteiger partial charge on any atom is -0.486 e. The number of hydrogen-bond donors (Lipinski definition) is 1. The number of benzene rings is 3. The van der Waals surface area contributed by atoms with Crippen molar-refractivity contribution in [1.82, 2.24) is 10.2 Å². The summed E-state index contributed by atoms with van der Waals surface area (Å²) < 4.78 is 11.3. The molecule has 1 atom stereocenters. The molecule has 4 rings (SSSR count). The third-order valence-electron chi connectivity index (χ3n) is 6.21. The number of halogens is 2. The molecule has 2 amide bonds. The number of carbonyl (C=O) groups is 2. The molecule has 0 spiro atoms. The van der Waals surface area contributed by atoms with Crippen molar-refractivity contribution in [3.8, 4) is 11.5 Å². The Kier molecular flexibility index (Phi) is 9.31. The Hall–Kier alpha value is -3.22. The summed E-state index contributed by atoms with van der Waals surface area (Å²) in [5, 5.41) is 3.86.